The van der Waals surface area contributed by atoms with Crippen LogP contribution in [0.5, 0.6) is 0 Å². The normalized spacial score (nSPS) is 11.4. The van der Waals surface area contributed by atoms with E-state index in [1.807, 2.05) is 0 Å². The molecule has 0 fully saturated rings. The highest BCUT2D eigenvalue weighted by Crippen LogP contribution is 2.31. The van der Waals surface area contributed by atoms with Crippen LogP contribution in [0.1, 0.15) is 6.92 Å². The van der Waals surface area contributed by atoms with Gasteiger partial charge in [-0.25, -0.2) is 0 Å². The minimum Gasteiger partial charge on any atom is -0.341 e. The van der Waals surface area contributed by atoms with Crippen LogP contribution in [0, 0.1) is 0 Å². The number of rotatable bonds is 2. The summed E-state index contributed by atoms with van der Waals surface area (Å²) in [5.41, 5.74) is 2.68. The van der Waals surface area contributed by atoms with Crippen molar-refractivity contribution in [1.29, 1.82) is 0 Å². The van der Waals surface area contributed by atoms with Crippen LogP contribution in [0.25, 0.3) is 21.8 Å². The Morgan fingerprint density at radius 2 is 1.76 bits per heavy atom. The molecule has 0 aliphatic heterocycles. The molecule has 0 spiro atoms. The van der Waals surface area contributed by atoms with Crippen LogP contribution in [0.15, 0.2) is 47.4 Å². The largest absolute Gasteiger partial charge is 0.341 e. The van der Waals surface area contributed by atoms with Gasteiger partial charge in [0, 0.05) is 33.2 Å². The quantitative estimate of drug-likeness (QED) is 0.596. The molecule has 0 N–H and O–H groups in total. The molecular weight excluding hydrogens is 226 g/mol. The van der Waals surface area contributed by atoms with Gasteiger partial charge in [0.25, 0.3) is 0 Å². The van der Waals surface area contributed by atoms with Crippen molar-refractivity contribution >= 4 is 33.6 Å². The van der Waals surface area contributed by atoms with Crippen LogP contribution < -0.4 is 0 Å². The summed E-state index contributed by atoms with van der Waals surface area (Å²) >= 11 is 1.80. The highest BCUT2D eigenvalue weighted by atomic mass is 32.2. The predicted molar refractivity (Wildman–Crippen MR) is 76.9 cm³/mol. The Morgan fingerprint density at radius 3 is 2.53 bits per heavy atom. The SMILES string of the molecule is CCn1c2ccccc2c2cc(SC)ccc21. The molecule has 0 atom stereocenters. The number of benzene rings is 2. The number of para-hydroxylation sites is 1. The molecule has 2 aromatic carbocycles. The fourth-order valence-electron chi connectivity index (χ4n) is 2.50. The Balaban J connectivity index is 2.49. The van der Waals surface area contributed by atoms with Crippen LogP contribution in [0.4, 0.5) is 0 Å². The Bertz CT molecular complexity index is 682. The number of hydrogen-bond acceptors (Lipinski definition) is 1. The average molecular weight is 241 g/mol. The van der Waals surface area contributed by atoms with E-state index in [1.165, 1.54) is 26.7 Å². The molecule has 0 aliphatic carbocycles. The molecule has 0 saturated heterocycles. The predicted octanol–water partition coefficient (Wildman–Crippen LogP) is 4.54. The third-order valence-electron chi connectivity index (χ3n) is 3.30. The van der Waals surface area contributed by atoms with E-state index < -0.39 is 0 Å². The van der Waals surface area contributed by atoms with Crippen LogP contribution in [-0.2, 0) is 6.54 Å². The van der Waals surface area contributed by atoms with Gasteiger partial charge in [0.2, 0.25) is 0 Å². The Hall–Kier alpha value is -1.41. The van der Waals surface area contributed by atoms with E-state index in [9.17, 15) is 0 Å². The van der Waals surface area contributed by atoms with E-state index in [0.717, 1.165) is 6.54 Å². The number of thioether (sulfide) groups is 1. The molecule has 0 bridgehead atoms. The summed E-state index contributed by atoms with van der Waals surface area (Å²) in [5, 5.41) is 2.73. The smallest absolute Gasteiger partial charge is 0.0492 e. The lowest BCUT2D eigenvalue weighted by atomic mass is 10.1. The maximum atomic E-state index is 2.38. The van der Waals surface area contributed by atoms with Crippen molar-refractivity contribution in [3.63, 3.8) is 0 Å². The lowest BCUT2D eigenvalue weighted by molar-refractivity contribution is 0.827. The summed E-state index contributed by atoms with van der Waals surface area (Å²) in [6.45, 7) is 3.22. The standard InChI is InChI=1S/C15H15NS/c1-3-16-14-7-5-4-6-12(14)13-10-11(17-2)8-9-15(13)16/h4-10H,3H2,1-2H3. The summed E-state index contributed by atoms with van der Waals surface area (Å²) in [4.78, 5) is 1.33. The van der Waals surface area contributed by atoms with Gasteiger partial charge in [-0.1, -0.05) is 18.2 Å². The number of nitrogens with zero attached hydrogens (tertiary/aromatic N) is 1. The third kappa shape index (κ3) is 1.55. The van der Waals surface area contributed by atoms with Gasteiger partial charge in [-0.15, -0.1) is 11.8 Å². The molecule has 17 heavy (non-hydrogen) atoms. The molecule has 0 saturated carbocycles. The van der Waals surface area contributed by atoms with Crippen LogP contribution in [0.3, 0.4) is 0 Å². The fraction of sp³-hybridized carbons (Fsp3) is 0.200. The molecule has 3 rings (SSSR count). The highest BCUT2D eigenvalue weighted by molar-refractivity contribution is 7.98. The van der Waals surface area contributed by atoms with Crippen molar-refractivity contribution in [3.8, 4) is 0 Å². The molecule has 0 amide bonds. The van der Waals surface area contributed by atoms with Gasteiger partial charge in [0.1, 0.15) is 0 Å². The second-order valence-corrected chi connectivity index (χ2v) is 5.02. The molecule has 1 aromatic heterocycles. The lowest BCUT2D eigenvalue weighted by Crippen LogP contribution is -1.92. The minimum absolute atomic E-state index is 1.02. The van der Waals surface area contributed by atoms with Crippen molar-refractivity contribution in [2.75, 3.05) is 6.26 Å². The molecule has 0 aliphatic rings. The van der Waals surface area contributed by atoms with Crippen LogP contribution in [0.2, 0.25) is 0 Å². The number of fused-ring (bicyclic) bond motifs is 3. The first kappa shape index (κ1) is 10.7. The van der Waals surface area contributed by atoms with Gasteiger partial charge in [0.05, 0.1) is 0 Å². The zero-order valence-corrected chi connectivity index (χ0v) is 10.9. The first-order valence-corrected chi connectivity index (χ1v) is 7.12. The van der Waals surface area contributed by atoms with E-state index in [2.05, 4.69) is 60.2 Å². The van der Waals surface area contributed by atoms with Gasteiger partial charge < -0.3 is 4.57 Å². The monoisotopic (exact) mass is 241 g/mol. The first-order chi connectivity index (χ1) is 8.35. The molecular formula is C15H15NS. The third-order valence-corrected chi connectivity index (χ3v) is 4.02. The molecule has 3 aromatic rings. The van der Waals surface area contributed by atoms with Crippen molar-refractivity contribution in [3.05, 3.63) is 42.5 Å². The molecule has 1 heterocycles. The summed E-state index contributed by atoms with van der Waals surface area (Å²) in [7, 11) is 0. The molecule has 0 radical (unpaired) electrons. The second kappa shape index (κ2) is 4.11. The molecule has 2 heteroatoms. The van der Waals surface area contributed by atoms with E-state index >= 15 is 0 Å². The van der Waals surface area contributed by atoms with E-state index in [-0.39, 0.29) is 0 Å². The lowest BCUT2D eigenvalue weighted by Gasteiger charge is -2.02. The van der Waals surface area contributed by atoms with E-state index in [4.69, 9.17) is 0 Å². The van der Waals surface area contributed by atoms with Crippen molar-refractivity contribution < 1.29 is 0 Å². The average Bonchev–Trinajstić information content (AvgIpc) is 2.71. The maximum Gasteiger partial charge on any atom is 0.0492 e. The Kier molecular flexibility index (Phi) is 2.60. The van der Waals surface area contributed by atoms with Crippen molar-refractivity contribution in [2.24, 2.45) is 0 Å². The zero-order chi connectivity index (χ0) is 11.8. The molecule has 1 nitrogen and oxygen atoms in total. The number of aryl methyl sites for hydroxylation is 1. The molecule has 86 valence electrons. The summed E-state index contributed by atoms with van der Waals surface area (Å²) < 4.78 is 2.38. The van der Waals surface area contributed by atoms with E-state index in [0.29, 0.717) is 0 Å². The summed E-state index contributed by atoms with van der Waals surface area (Å²) in [6, 6.07) is 15.4. The van der Waals surface area contributed by atoms with Gasteiger partial charge >= 0.3 is 0 Å². The minimum atomic E-state index is 1.02. The van der Waals surface area contributed by atoms with Crippen LogP contribution in [-0.4, -0.2) is 10.8 Å². The summed E-state index contributed by atoms with van der Waals surface area (Å²) in [5.74, 6) is 0. The highest BCUT2D eigenvalue weighted by Gasteiger charge is 2.08. The van der Waals surface area contributed by atoms with Gasteiger partial charge in [-0.05, 0) is 37.4 Å². The topological polar surface area (TPSA) is 4.93 Å². The number of hydrogen-bond donors (Lipinski definition) is 0. The summed E-state index contributed by atoms with van der Waals surface area (Å²) in [6.07, 6.45) is 2.13. The zero-order valence-electron chi connectivity index (χ0n) is 10.1. The first-order valence-electron chi connectivity index (χ1n) is 5.90. The Labute approximate surface area is 105 Å². The maximum absolute atomic E-state index is 2.38. The fourth-order valence-corrected chi connectivity index (χ4v) is 2.94. The van der Waals surface area contributed by atoms with Gasteiger partial charge in [0.15, 0.2) is 0 Å². The molecule has 0 unspecified atom stereocenters. The van der Waals surface area contributed by atoms with Crippen LogP contribution >= 0.6 is 11.8 Å². The Morgan fingerprint density at radius 1 is 1.00 bits per heavy atom. The second-order valence-electron chi connectivity index (χ2n) is 4.14. The van der Waals surface area contributed by atoms with Crippen molar-refractivity contribution in [2.45, 2.75) is 18.4 Å². The van der Waals surface area contributed by atoms with Gasteiger partial charge in [-0.3, -0.25) is 0 Å². The van der Waals surface area contributed by atoms with Crippen molar-refractivity contribution in [1.82, 2.24) is 4.57 Å². The van der Waals surface area contributed by atoms with E-state index in [1.54, 1.807) is 11.8 Å². The number of aromatic nitrogens is 1. The van der Waals surface area contributed by atoms with Gasteiger partial charge in [-0.2, -0.15) is 0 Å².